The van der Waals surface area contributed by atoms with E-state index in [4.69, 9.17) is 14.4 Å². The van der Waals surface area contributed by atoms with Crippen LogP contribution in [0, 0.1) is 27.7 Å². The molecule has 2 aromatic heterocycles. The summed E-state index contributed by atoms with van der Waals surface area (Å²) in [6, 6.07) is 15.8. The van der Waals surface area contributed by atoms with Gasteiger partial charge in [-0.25, -0.2) is 9.48 Å². The van der Waals surface area contributed by atoms with Gasteiger partial charge >= 0.3 is 5.97 Å². The second kappa shape index (κ2) is 7.99. The van der Waals surface area contributed by atoms with E-state index in [0.717, 1.165) is 33.6 Å². The number of carbonyl (C=O) groups excluding carboxylic acids is 1. The van der Waals surface area contributed by atoms with Crippen molar-refractivity contribution in [3.8, 4) is 16.9 Å². The third-order valence-electron chi connectivity index (χ3n) is 5.12. The normalized spacial score (nSPS) is 10.9. The first-order chi connectivity index (χ1) is 14.4. The molecular formula is C24H23N3O3. The number of rotatable bonds is 5. The Labute approximate surface area is 175 Å². The van der Waals surface area contributed by atoms with E-state index >= 15 is 0 Å². The van der Waals surface area contributed by atoms with E-state index in [9.17, 15) is 4.79 Å². The number of hydrogen-bond acceptors (Lipinski definition) is 5. The average molecular weight is 401 g/mol. The van der Waals surface area contributed by atoms with Crippen LogP contribution in [0.15, 0.2) is 59.3 Å². The molecule has 0 spiro atoms. The molecule has 2 aromatic carbocycles. The summed E-state index contributed by atoms with van der Waals surface area (Å²) in [4.78, 5) is 13.1. The lowest BCUT2D eigenvalue weighted by molar-refractivity contribution is 0.0471. The molecule has 0 unspecified atom stereocenters. The summed E-state index contributed by atoms with van der Waals surface area (Å²) < 4.78 is 12.5. The molecular weight excluding hydrogens is 378 g/mol. The van der Waals surface area contributed by atoms with Crippen molar-refractivity contribution in [1.29, 1.82) is 0 Å². The molecule has 0 bridgehead atoms. The summed E-state index contributed by atoms with van der Waals surface area (Å²) >= 11 is 0. The molecule has 0 saturated heterocycles. The van der Waals surface area contributed by atoms with Gasteiger partial charge in [0, 0.05) is 11.8 Å². The zero-order valence-corrected chi connectivity index (χ0v) is 17.5. The monoisotopic (exact) mass is 401 g/mol. The van der Waals surface area contributed by atoms with Crippen LogP contribution < -0.4 is 0 Å². The molecule has 0 aliphatic rings. The third kappa shape index (κ3) is 3.76. The van der Waals surface area contributed by atoms with Crippen molar-refractivity contribution in [3.63, 3.8) is 0 Å². The van der Waals surface area contributed by atoms with Crippen molar-refractivity contribution in [1.82, 2.24) is 14.9 Å². The van der Waals surface area contributed by atoms with Crippen molar-refractivity contribution >= 4 is 5.97 Å². The summed E-state index contributed by atoms with van der Waals surface area (Å²) in [7, 11) is 0. The molecule has 4 aromatic rings. The van der Waals surface area contributed by atoms with Crippen LogP contribution in [0.25, 0.3) is 16.9 Å². The van der Waals surface area contributed by atoms with Crippen molar-refractivity contribution < 1.29 is 14.1 Å². The summed E-state index contributed by atoms with van der Waals surface area (Å²) in [5.74, 6) is 0.210. The number of ether oxygens (including phenoxy) is 1. The molecule has 0 saturated carbocycles. The number of carbonyl (C=O) groups is 1. The van der Waals surface area contributed by atoms with Gasteiger partial charge in [-0.05, 0) is 45.4 Å². The molecule has 4 rings (SSSR count). The quantitative estimate of drug-likeness (QED) is 0.434. The molecule has 6 heteroatoms. The highest BCUT2D eigenvalue weighted by atomic mass is 16.5. The van der Waals surface area contributed by atoms with Crippen molar-refractivity contribution in [3.05, 3.63) is 88.4 Å². The predicted octanol–water partition coefficient (Wildman–Crippen LogP) is 5.12. The Morgan fingerprint density at radius 1 is 1.07 bits per heavy atom. The van der Waals surface area contributed by atoms with Crippen LogP contribution >= 0.6 is 0 Å². The van der Waals surface area contributed by atoms with E-state index in [1.165, 1.54) is 0 Å². The highest BCUT2D eigenvalue weighted by Crippen LogP contribution is 2.28. The molecule has 0 N–H and O–H groups in total. The Morgan fingerprint density at radius 3 is 2.50 bits per heavy atom. The van der Waals surface area contributed by atoms with Crippen molar-refractivity contribution in [2.45, 2.75) is 34.3 Å². The highest BCUT2D eigenvalue weighted by molar-refractivity contribution is 5.96. The van der Waals surface area contributed by atoms with Crippen molar-refractivity contribution in [2.75, 3.05) is 0 Å². The fourth-order valence-corrected chi connectivity index (χ4v) is 3.44. The zero-order chi connectivity index (χ0) is 21.3. The summed E-state index contributed by atoms with van der Waals surface area (Å²) in [6.07, 6.45) is 1.72. The maximum Gasteiger partial charge on any atom is 0.342 e. The molecule has 0 aliphatic heterocycles. The molecule has 0 fully saturated rings. The Balaban J connectivity index is 1.73. The standard InChI is InChI=1S/C24H23N3O3/c1-15-10-11-20(16(2)12-15)23-21(13-27(25-23)19-8-6-5-7-9-19)24(28)29-14-22-17(3)26-30-18(22)4/h5-13H,14H2,1-4H3. The van der Waals surface area contributed by atoms with Crippen molar-refractivity contribution in [2.24, 2.45) is 0 Å². The zero-order valence-electron chi connectivity index (χ0n) is 17.5. The SMILES string of the molecule is Cc1ccc(-c2nn(-c3ccccc3)cc2C(=O)OCc2c(C)noc2C)c(C)c1. The lowest BCUT2D eigenvalue weighted by atomic mass is 10.0. The first-order valence-electron chi connectivity index (χ1n) is 9.75. The van der Waals surface area contributed by atoms with Crippen LogP contribution in [-0.2, 0) is 11.3 Å². The Hall–Kier alpha value is -3.67. The van der Waals surface area contributed by atoms with E-state index in [-0.39, 0.29) is 6.61 Å². The topological polar surface area (TPSA) is 70.2 Å². The number of aromatic nitrogens is 3. The van der Waals surface area contributed by atoms with E-state index < -0.39 is 5.97 Å². The largest absolute Gasteiger partial charge is 0.457 e. The molecule has 0 atom stereocenters. The molecule has 6 nitrogen and oxygen atoms in total. The smallest absolute Gasteiger partial charge is 0.342 e. The van der Waals surface area contributed by atoms with Gasteiger partial charge in [-0.3, -0.25) is 0 Å². The first kappa shape index (κ1) is 19.6. The molecule has 0 radical (unpaired) electrons. The van der Waals surface area contributed by atoms with E-state index in [1.54, 1.807) is 17.8 Å². The van der Waals surface area contributed by atoms with Crippen LogP contribution in [0.3, 0.4) is 0 Å². The first-order valence-corrected chi connectivity index (χ1v) is 9.75. The predicted molar refractivity (Wildman–Crippen MR) is 114 cm³/mol. The Morgan fingerprint density at radius 2 is 1.83 bits per heavy atom. The molecule has 2 heterocycles. The summed E-state index contributed by atoms with van der Waals surface area (Å²) in [6.45, 7) is 7.79. The number of nitrogens with zero attached hydrogens (tertiary/aromatic N) is 3. The van der Waals surface area contributed by atoms with Gasteiger partial charge in [-0.1, -0.05) is 47.1 Å². The fraction of sp³-hybridized carbons (Fsp3) is 0.208. The lowest BCUT2D eigenvalue weighted by Crippen LogP contribution is -2.07. The highest BCUT2D eigenvalue weighted by Gasteiger charge is 2.22. The van der Waals surface area contributed by atoms with Gasteiger partial charge in [0.1, 0.15) is 23.6 Å². The fourth-order valence-electron chi connectivity index (χ4n) is 3.44. The van der Waals surface area contributed by atoms with Crippen LogP contribution in [0.2, 0.25) is 0 Å². The number of hydrogen-bond donors (Lipinski definition) is 0. The van der Waals surface area contributed by atoms with Crippen LogP contribution in [-0.4, -0.2) is 20.9 Å². The Bertz CT molecular complexity index is 1190. The van der Waals surface area contributed by atoms with E-state index in [1.807, 2.05) is 63.2 Å². The van der Waals surface area contributed by atoms with Crippen LogP contribution in [0.4, 0.5) is 0 Å². The minimum absolute atomic E-state index is 0.100. The van der Waals surface area contributed by atoms with Gasteiger partial charge in [0.05, 0.1) is 16.9 Å². The maximum absolute atomic E-state index is 13.1. The number of esters is 1. The van der Waals surface area contributed by atoms with Gasteiger partial charge in [-0.15, -0.1) is 0 Å². The maximum atomic E-state index is 13.1. The third-order valence-corrected chi connectivity index (χ3v) is 5.12. The molecule has 0 amide bonds. The van der Waals surface area contributed by atoms with Crippen LogP contribution in [0.1, 0.15) is 38.5 Å². The number of benzene rings is 2. The lowest BCUT2D eigenvalue weighted by Gasteiger charge is -2.07. The summed E-state index contributed by atoms with van der Waals surface area (Å²) in [5.41, 5.74) is 6.49. The van der Waals surface area contributed by atoms with Gasteiger partial charge in [-0.2, -0.15) is 5.10 Å². The minimum Gasteiger partial charge on any atom is -0.457 e. The molecule has 152 valence electrons. The number of para-hydroxylation sites is 1. The summed E-state index contributed by atoms with van der Waals surface area (Å²) in [5, 5.41) is 8.64. The second-order valence-electron chi connectivity index (χ2n) is 7.37. The second-order valence-corrected chi connectivity index (χ2v) is 7.37. The van der Waals surface area contributed by atoms with E-state index in [0.29, 0.717) is 17.0 Å². The number of aryl methyl sites for hydroxylation is 4. The van der Waals surface area contributed by atoms with Gasteiger partial charge in [0.25, 0.3) is 0 Å². The van der Waals surface area contributed by atoms with Gasteiger partial charge < -0.3 is 9.26 Å². The minimum atomic E-state index is -0.438. The molecule has 0 aliphatic carbocycles. The Kier molecular flexibility index (Phi) is 5.23. The molecule has 30 heavy (non-hydrogen) atoms. The van der Waals surface area contributed by atoms with Gasteiger partial charge in [0.2, 0.25) is 0 Å². The van der Waals surface area contributed by atoms with Gasteiger partial charge in [0.15, 0.2) is 0 Å². The van der Waals surface area contributed by atoms with E-state index in [2.05, 4.69) is 11.2 Å². The van der Waals surface area contributed by atoms with Crippen LogP contribution in [0.5, 0.6) is 0 Å². The average Bonchev–Trinajstić information content (AvgIpc) is 3.31.